The fraction of sp³-hybridized carbons (Fsp3) is 0.548. The van der Waals surface area contributed by atoms with Crippen LogP contribution < -0.4 is 0 Å². The van der Waals surface area contributed by atoms with Crippen LogP contribution in [0.3, 0.4) is 0 Å². The Kier molecular flexibility index (Phi) is 8.53. The Morgan fingerprint density at radius 1 is 1.06 bits per heavy atom. The topological polar surface area (TPSA) is 68.9 Å². The number of benzene rings is 2. The van der Waals surface area contributed by atoms with Crippen molar-refractivity contribution in [3.05, 3.63) is 64.7 Å². The third-order valence-corrected chi connectivity index (χ3v) is 7.28. The van der Waals surface area contributed by atoms with Gasteiger partial charge in [-0.2, -0.15) is 0 Å². The number of hydrogen-bond acceptors (Lipinski definition) is 4. The number of phenolic OH excluding ortho intramolecular Hbond substituents is 1. The van der Waals surface area contributed by atoms with E-state index in [0.29, 0.717) is 24.0 Å². The molecule has 3 rings (SSSR count). The molecule has 1 fully saturated rings. The summed E-state index contributed by atoms with van der Waals surface area (Å²) in [6.07, 6.45) is 3.10. The van der Waals surface area contributed by atoms with E-state index in [4.69, 9.17) is 10.2 Å². The van der Waals surface area contributed by atoms with Gasteiger partial charge >= 0.3 is 0 Å². The summed E-state index contributed by atoms with van der Waals surface area (Å²) in [5, 5.41) is 24.7. The average molecular weight is 492 g/mol. The first kappa shape index (κ1) is 27.8. The Morgan fingerprint density at radius 3 is 2.14 bits per heavy atom. The third-order valence-electron chi connectivity index (χ3n) is 7.28. The van der Waals surface area contributed by atoms with Gasteiger partial charge in [-0.25, -0.2) is 0 Å². The standard InChI is InChI=1S/C31H45N3O2/c1-9-13-22-19-34(29(32)24(22)16-21-14-11-10-12-15-21)20-27(33-36-8)23-17-25(30(2,3)4)28(35)26(18-23)31(5,6)7/h10-12,14-15,17-18,22,24,32,35H,9,13,16,19-20H2,1-8H3/b32-29?,33-27-/t22-,24+/m0/s1. The van der Waals surface area contributed by atoms with E-state index >= 15 is 0 Å². The summed E-state index contributed by atoms with van der Waals surface area (Å²) in [5.41, 5.74) is 4.35. The number of likely N-dealkylation sites (tertiary alicyclic amines) is 1. The second-order valence-corrected chi connectivity index (χ2v) is 12.3. The molecule has 5 heteroatoms. The highest BCUT2D eigenvalue weighted by Crippen LogP contribution is 2.40. The minimum absolute atomic E-state index is 0.200. The van der Waals surface area contributed by atoms with E-state index in [0.717, 1.165) is 48.2 Å². The molecule has 0 unspecified atom stereocenters. The van der Waals surface area contributed by atoms with Gasteiger partial charge in [0.25, 0.3) is 0 Å². The lowest BCUT2D eigenvalue weighted by molar-refractivity contribution is 0.212. The van der Waals surface area contributed by atoms with Crippen molar-refractivity contribution in [1.29, 1.82) is 5.41 Å². The number of oxime groups is 1. The molecule has 0 aliphatic carbocycles. The van der Waals surface area contributed by atoms with Crippen molar-refractivity contribution < 1.29 is 9.94 Å². The molecule has 196 valence electrons. The summed E-state index contributed by atoms with van der Waals surface area (Å²) in [6, 6.07) is 14.6. The van der Waals surface area contributed by atoms with Crippen LogP contribution in [0.15, 0.2) is 47.6 Å². The number of rotatable bonds is 8. The molecule has 1 heterocycles. The highest BCUT2D eigenvalue weighted by molar-refractivity contribution is 6.04. The Hall–Kier alpha value is -2.82. The molecule has 2 N–H and O–H groups in total. The SMILES string of the molecule is CCC[C@H]1CN(C/C(=N/OC)c2cc(C(C)(C)C)c(O)c(C(C)(C)C)c2)C(=N)[C@@H]1Cc1ccccc1. The minimum atomic E-state index is -0.231. The maximum absolute atomic E-state index is 11.2. The van der Waals surface area contributed by atoms with E-state index in [1.807, 2.05) is 18.2 Å². The fourth-order valence-electron chi connectivity index (χ4n) is 5.32. The molecule has 0 spiro atoms. The van der Waals surface area contributed by atoms with Crippen molar-refractivity contribution in [2.75, 3.05) is 20.2 Å². The van der Waals surface area contributed by atoms with Crippen molar-refractivity contribution in [1.82, 2.24) is 4.90 Å². The summed E-state index contributed by atoms with van der Waals surface area (Å²) in [4.78, 5) is 7.48. The zero-order chi connectivity index (χ0) is 26.7. The molecule has 36 heavy (non-hydrogen) atoms. The number of nitrogens with one attached hydrogen (secondary N) is 1. The van der Waals surface area contributed by atoms with Crippen LogP contribution in [0, 0.1) is 17.2 Å². The summed E-state index contributed by atoms with van der Waals surface area (Å²) < 4.78 is 0. The first-order valence-corrected chi connectivity index (χ1v) is 13.2. The summed E-state index contributed by atoms with van der Waals surface area (Å²) in [7, 11) is 1.57. The normalized spacial score (nSPS) is 19.2. The Labute approximate surface area is 218 Å². The molecular formula is C31H45N3O2. The van der Waals surface area contributed by atoms with Gasteiger partial charge in [0.2, 0.25) is 0 Å². The lowest BCUT2D eigenvalue weighted by Gasteiger charge is -2.29. The highest BCUT2D eigenvalue weighted by atomic mass is 16.6. The van der Waals surface area contributed by atoms with Gasteiger partial charge in [-0.05, 0) is 47.3 Å². The van der Waals surface area contributed by atoms with Gasteiger partial charge in [0.05, 0.1) is 12.4 Å². The predicted octanol–water partition coefficient (Wildman–Crippen LogP) is 6.91. The second-order valence-electron chi connectivity index (χ2n) is 12.3. The number of hydrogen-bond donors (Lipinski definition) is 2. The van der Waals surface area contributed by atoms with Gasteiger partial charge < -0.3 is 14.8 Å². The lowest BCUT2D eigenvalue weighted by atomic mass is 9.78. The molecule has 2 aromatic rings. The smallest absolute Gasteiger partial charge is 0.123 e. The van der Waals surface area contributed by atoms with Gasteiger partial charge in [0.15, 0.2) is 0 Å². The quantitative estimate of drug-likeness (QED) is 0.311. The molecular weight excluding hydrogens is 446 g/mol. The maximum Gasteiger partial charge on any atom is 0.123 e. The van der Waals surface area contributed by atoms with Crippen molar-refractivity contribution >= 4 is 11.5 Å². The summed E-state index contributed by atoms with van der Waals surface area (Å²) >= 11 is 0. The monoisotopic (exact) mass is 491 g/mol. The van der Waals surface area contributed by atoms with Crippen LogP contribution in [0.5, 0.6) is 5.75 Å². The van der Waals surface area contributed by atoms with Gasteiger partial charge in [-0.15, -0.1) is 0 Å². The molecule has 2 atom stereocenters. The van der Waals surface area contributed by atoms with Crippen molar-refractivity contribution in [2.24, 2.45) is 17.0 Å². The Balaban J connectivity index is 1.97. The van der Waals surface area contributed by atoms with Gasteiger partial charge in [0.1, 0.15) is 18.6 Å². The molecule has 2 aromatic carbocycles. The highest BCUT2D eigenvalue weighted by Gasteiger charge is 2.37. The maximum atomic E-state index is 11.2. The minimum Gasteiger partial charge on any atom is -0.507 e. The van der Waals surface area contributed by atoms with E-state index < -0.39 is 0 Å². The first-order valence-electron chi connectivity index (χ1n) is 13.2. The van der Waals surface area contributed by atoms with E-state index in [-0.39, 0.29) is 16.7 Å². The molecule has 1 aliphatic rings. The van der Waals surface area contributed by atoms with E-state index in [1.165, 1.54) is 5.56 Å². The fourth-order valence-corrected chi connectivity index (χ4v) is 5.32. The summed E-state index contributed by atoms with van der Waals surface area (Å²) in [5.74, 6) is 1.69. The van der Waals surface area contributed by atoms with Gasteiger partial charge in [-0.3, -0.25) is 5.41 Å². The van der Waals surface area contributed by atoms with Crippen LogP contribution in [0.4, 0.5) is 0 Å². The van der Waals surface area contributed by atoms with Crippen LogP contribution in [0.1, 0.15) is 83.6 Å². The van der Waals surface area contributed by atoms with Crippen LogP contribution in [0.25, 0.3) is 0 Å². The number of phenols is 1. The zero-order valence-electron chi connectivity index (χ0n) is 23.5. The first-order chi connectivity index (χ1) is 16.9. The van der Waals surface area contributed by atoms with Gasteiger partial charge in [0, 0.05) is 29.2 Å². The van der Waals surface area contributed by atoms with Crippen LogP contribution >= 0.6 is 0 Å². The Morgan fingerprint density at radius 2 is 1.64 bits per heavy atom. The van der Waals surface area contributed by atoms with E-state index in [2.05, 4.69) is 82.8 Å². The van der Waals surface area contributed by atoms with Crippen molar-refractivity contribution in [3.8, 4) is 5.75 Å². The van der Waals surface area contributed by atoms with Crippen molar-refractivity contribution in [2.45, 2.75) is 78.6 Å². The molecule has 0 bridgehead atoms. The van der Waals surface area contributed by atoms with E-state index in [9.17, 15) is 5.11 Å². The number of nitrogens with zero attached hydrogens (tertiary/aromatic N) is 2. The molecule has 0 radical (unpaired) electrons. The molecule has 0 amide bonds. The van der Waals surface area contributed by atoms with Crippen molar-refractivity contribution in [3.63, 3.8) is 0 Å². The molecule has 1 saturated heterocycles. The Bertz CT molecular complexity index is 1040. The molecule has 0 saturated carbocycles. The lowest BCUT2D eigenvalue weighted by Crippen LogP contribution is -2.33. The average Bonchev–Trinajstić information content (AvgIpc) is 3.07. The number of aromatic hydroxyl groups is 1. The second kappa shape index (κ2) is 11.1. The van der Waals surface area contributed by atoms with Gasteiger partial charge in [-0.1, -0.05) is 90.4 Å². The molecule has 0 aromatic heterocycles. The molecule has 1 aliphatic heterocycles. The molecule has 5 nitrogen and oxygen atoms in total. The number of amidine groups is 1. The van der Waals surface area contributed by atoms with Crippen LogP contribution in [-0.4, -0.2) is 41.8 Å². The third kappa shape index (κ3) is 6.29. The van der Waals surface area contributed by atoms with E-state index in [1.54, 1.807) is 7.11 Å². The summed E-state index contributed by atoms with van der Waals surface area (Å²) in [6.45, 7) is 16.3. The largest absolute Gasteiger partial charge is 0.507 e. The zero-order valence-corrected chi connectivity index (χ0v) is 23.5. The van der Waals surface area contributed by atoms with Crippen LogP contribution in [0.2, 0.25) is 0 Å². The van der Waals surface area contributed by atoms with Crippen LogP contribution in [-0.2, 0) is 22.1 Å². The predicted molar refractivity (Wildman–Crippen MR) is 150 cm³/mol.